The van der Waals surface area contributed by atoms with E-state index in [0.717, 1.165) is 5.56 Å². The Morgan fingerprint density at radius 3 is 2.79 bits per heavy atom. The van der Waals surface area contributed by atoms with Crippen molar-refractivity contribution in [3.63, 3.8) is 0 Å². The number of benzene rings is 1. The Balaban J connectivity index is 1.70. The van der Waals surface area contributed by atoms with Crippen LogP contribution in [-0.2, 0) is 17.9 Å². The summed E-state index contributed by atoms with van der Waals surface area (Å²) >= 11 is 0. The second kappa shape index (κ2) is 5.79. The van der Waals surface area contributed by atoms with Gasteiger partial charge in [-0.1, -0.05) is 30.3 Å². The number of hydrogen-bond donors (Lipinski definition) is 0. The van der Waals surface area contributed by atoms with Crippen molar-refractivity contribution in [3.05, 3.63) is 64.1 Å². The minimum atomic E-state index is -0.281. The minimum absolute atomic E-state index is 0.00599. The Hall–Kier alpha value is -2.60. The van der Waals surface area contributed by atoms with Crippen LogP contribution < -0.4 is 10.2 Å². The van der Waals surface area contributed by atoms with Crippen LogP contribution in [0.15, 0.2) is 47.4 Å². The molecule has 3 heterocycles. The van der Waals surface area contributed by atoms with E-state index < -0.39 is 0 Å². The van der Waals surface area contributed by atoms with E-state index in [9.17, 15) is 9.59 Å². The van der Waals surface area contributed by atoms with Crippen molar-refractivity contribution < 1.29 is 14.3 Å². The molecule has 2 aromatic rings. The van der Waals surface area contributed by atoms with E-state index in [4.69, 9.17) is 9.47 Å². The van der Waals surface area contributed by atoms with E-state index in [1.165, 1.54) is 6.07 Å². The molecule has 1 fully saturated rings. The van der Waals surface area contributed by atoms with Gasteiger partial charge in [-0.15, -0.1) is 0 Å². The van der Waals surface area contributed by atoms with Gasteiger partial charge >= 0.3 is 0 Å². The molecule has 1 aromatic carbocycles. The van der Waals surface area contributed by atoms with Crippen LogP contribution in [0.2, 0.25) is 0 Å². The van der Waals surface area contributed by atoms with Crippen molar-refractivity contribution >= 4 is 5.91 Å². The number of ether oxygens (including phenoxy) is 2. The van der Waals surface area contributed by atoms with E-state index in [1.807, 2.05) is 37.3 Å². The highest BCUT2D eigenvalue weighted by molar-refractivity contribution is 5.96. The number of carbonyl (C=O) groups excluding carboxylic acids is 1. The molecule has 2 aliphatic heterocycles. The van der Waals surface area contributed by atoms with Crippen LogP contribution in [0.1, 0.15) is 23.0 Å². The third kappa shape index (κ3) is 2.39. The number of amides is 1. The summed E-state index contributed by atoms with van der Waals surface area (Å²) in [6.45, 7) is 3.21. The number of nitrogens with zero attached hydrogens (tertiary/aromatic N) is 2. The first-order valence-electron chi connectivity index (χ1n) is 7.99. The molecular weight excluding hydrogens is 308 g/mol. The lowest BCUT2D eigenvalue weighted by atomic mass is 10.1. The first-order chi connectivity index (χ1) is 11.6. The van der Waals surface area contributed by atoms with Crippen molar-refractivity contribution in [2.45, 2.75) is 32.3 Å². The maximum Gasteiger partial charge on any atom is 0.276 e. The van der Waals surface area contributed by atoms with Crippen molar-refractivity contribution in [2.24, 2.45) is 0 Å². The second-order valence-corrected chi connectivity index (χ2v) is 6.13. The lowest BCUT2D eigenvalue weighted by molar-refractivity contribution is 0.00613. The zero-order chi connectivity index (χ0) is 16.7. The number of rotatable bonds is 3. The van der Waals surface area contributed by atoms with E-state index in [0.29, 0.717) is 18.8 Å². The lowest BCUT2D eigenvalue weighted by Gasteiger charge is -2.33. The molecule has 1 saturated heterocycles. The van der Waals surface area contributed by atoms with Crippen LogP contribution in [0.5, 0.6) is 5.75 Å². The molecule has 24 heavy (non-hydrogen) atoms. The highest BCUT2D eigenvalue weighted by Gasteiger charge is 2.42. The molecule has 0 bridgehead atoms. The minimum Gasteiger partial charge on any atom is -0.483 e. The zero-order valence-electron chi connectivity index (χ0n) is 13.3. The first-order valence-corrected chi connectivity index (χ1v) is 7.99. The molecule has 2 atom stereocenters. The molecule has 2 aliphatic rings. The number of aromatic nitrogens is 1. The van der Waals surface area contributed by atoms with Crippen molar-refractivity contribution in [1.82, 2.24) is 9.47 Å². The summed E-state index contributed by atoms with van der Waals surface area (Å²) in [5.41, 5.74) is 0.974. The number of carbonyl (C=O) groups is 1. The first kappa shape index (κ1) is 15.0. The third-order valence-electron chi connectivity index (χ3n) is 4.46. The van der Waals surface area contributed by atoms with Gasteiger partial charge in [-0.2, -0.15) is 0 Å². The number of pyridine rings is 1. The van der Waals surface area contributed by atoms with Gasteiger partial charge in [0.25, 0.3) is 5.91 Å². The monoisotopic (exact) mass is 326 g/mol. The molecule has 6 nitrogen and oxygen atoms in total. The van der Waals surface area contributed by atoms with Gasteiger partial charge in [-0.25, -0.2) is 0 Å². The highest BCUT2D eigenvalue weighted by Crippen LogP contribution is 2.29. The topological polar surface area (TPSA) is 60.8 Å². The normalized spacial score (nSPS) is 22.2. The summed E-state index contributed by atoms with van der Waals surface area (Å²) in [6, 6.07) is 11.0. The average Bonchev–Trinajstić information content (AvgIpc) is 2.96. The molecule has 0 saturated carbocycles. The Labute approximate surface area is 139 Å². The molecule has 0 aliphatic carbocycles. The second-order valence-electron chi connectivity index (χ2n) is 6.13. The average molecular weight is 326 g/mol. The molecule has 0 spiro atoms. The molecule has 2 unspecified atom stereocenters. The molecule has 0 N–H and O–H groups in total. The fraction of sp³-hybridized carbons (Fsp3) is 0.333. The van der Waals surface area contributed by atoms with Gasteiger partial charge in [0, 0.05) is 12.3 Å². The van der Waals surface area contributed by atoms with Crippen molar-refractivity contribution in [3.8, 4) is 5.75 Å². The molecule has 0 radical (unpaired) electrons. The van der Waals surface area contributed by atoms with E-state index in [-0.39, 0.29) is 36.0 Å². The van der Waals surface area contributed by atoms with Crippen LogP contribution in [-0.4, -0.2) is 34.3 Å². The lowest BCUT2D eigenvalue weighted by Crippen LogP contribution is -2.48. The standard InChI is InChI=1S/C18H18N2O4/c1-12-10-23-15-9-19-8-7-14(21)17(16(19)18(22)20(12)15)24-11-13-5-3-2-4-6-13/h2-8,12,15H,9-11H2,1H3. The summed E-state index contributed by atoms with van der Waals surface area (Å²) in [7, 11) is 0. The smallest absolute Gasteiger partial charge is 0.276 e. The van der Waals surface area contributed by atoms with E-state index in [2.05, 4.69) is 0 Å². The molecule has 124 valence electrons. The Morgan fingerprint density at radius 1 is 1.21 bits per heavy atom. The van der Waals surface area contributed by atoms with Gasteiger partial charge in [-0.05, 0) is 12.5 Å². The van der Waals surface area contributed by atoms with Crippen LogP contribution >= 0.6 is 0 Å². The van der Waals surface area contributed by atoms with Crippen molar-refractivity contribution in [2.75, 3.05) is 6.61 Å². The molecule has 1 aromatic heterocycles. The van der Waals surface area contributed by atoms with Gasteiger partial charge in [0.05, 0.1) is 19.2 Å². The van der Waals surface area contributed by atoms with Crippen LogP contribution in [0, 0.1) is 0 Å². The van der Waals surface area contributed by atoms with Gasteiger partial charge in [0.1, 0.15) is 6.61 Å². The van der Waals surface area contributed by atoms with Gasteiger partial charge in [0.15, 0.2) is 17.7 Å². The Morgan fingerprint density at radius 2 is 2.00 bits per heavy atom. The summed E-state index contributed by atoms with van der Waals surface area (Å²) in [6.07, 6.45) is 1.36. The maximum absolute atomic E-state index is 12.9. The van der Waals surface area contributed by atoms with Gasteiger partial charge in [0.2, 0.25) is 5.43 Å². The fourth-order valence-corrected chi connectivity index (χ4v) is 3.25. The molecular formula is C18H18N2O4. The SMILES string of the molecule is CC1COC2Cn3ccc(=O)c(OCc4ccccc4)c3C(=O)N12. The van der Waals surface area contributed by atoms with E-state index in [1.54, 1.807) is 15.7 Å². The Bertz CT molecular complexity index is 831. The number of hydrogen-bond acceptors (Lipinski definition) is 4. The van der Waals surface area contributed by atoms with Crippen LogP contribution in [0.4, 0.5) is 0 Å². The predicted molar refractivity (Wildman–Crippen MR) is 86.8 cm³/mol. The van der Waals surface area contributed by atoms with Crippen LogP contribution in [0.25, 0.3) is 0 Å². The summed E-state index contributed by atoms with van der Waals surface area (Å²) < 4.78 is 13.2. The van der Waals surface area contributed by atoms with Crippen molar-refractivity contribution in [1.29, 1.82) is 0 Å². The number of fused-ring (bicyclic) bond motifs is 2. The molecule has 1 amide bonds. The van der Waals surface area contributed by atoms with Gasteiger partial charge < -0.3 is 18.9 Å². The Kier molecular flexibility index (Phi) is 3.61. The third-order valence-corrected chi connectivity index (χ3v) is 4.46. The summed E-state index contributed by atoms with van der Waals surface area (Å²) in [5.74, 6) is -0.0964. The zero-order valence-corrected chi connectivity index (χ0v) is 13.3. The highest BCUT2D eigenvalue weighted by atomic mass is 16.5. The maximum atomic E-state index is 12.9. The summed E-state index contributed by atoms with van der Waals surface area (Å²) in [5, 5.41) is 0. The van der Waals surface area contributed by atoms with E-state index >= 15 is 0 Å². The van der Waals surface area contributed by atoms with Crippen LogP contribution in [0.3, 0.4) is 0 Å². The van der Waals surface area contributed by atoms with Gasteiger partial charge in [-0.3, -0.25) is 9.59 Å². The summed E-state index contributed by atoms with van der Waals surface area (Å²) in [4.78, 5) is 26.9. The fourth-order valence-electron chi connectivity index (χ4n) is 3.25. The quantitative estimate of drug-likeness (QED) is 0.860. The molecule has 6 heteroatoms. The largest absolute Gasteiger partial charge is 0.483 e. The molecule has 4 rings (SSSR count). The predicted octanol–water partition coefficient (Wildman–Crippen LogP) is 1.63.